The molecule has 1 aromatic rings. The lowest BCUT2D eigenvalue weighted by Crippen LogP contribution is -2.11. The summed E-state index contributed by atoms with van der Waals surface area (Å²) in [7, 11) is 0. The molecule has 0 bridgehead atoms. The molecule has 5 heteroatoms. The van der Waals surface area contributed by atoms with Crippen molar-refractivity contribution in [3.05, 3.63) is 17.0 Å². The van der Waals surface area contributed by atoms with E-state index in [9.17, 15) is 0 Å². The van der Waals surface area contributed by atoms with E-state index in [0.29, 0.717) is 0 Å². The minimum Gasteiger partial charge on any atom is -0.379 e. The predicted octanol–water partition coefficient (Wildman–Crippen LogP) is 2.08. The fourth-order valence-electron chi connectivity index (χ4n) is 1.22. The van der Waals surface area contributed by atoms with E-state index in [0.717, 1.165) is 36.1 Å². The molecule has 15 heavy (non-hydrogen) atoms. The van der Waals surface area contributed by atoms with Gasteiger partial charge in [0, 0.05) is 19.2 Å². The van der Waals surface area contributed by atoms with Crippen molar-refractivity contribution in [1.29, 1.82) is 0 Å². The first-order valence-electron chi connectivity index (χ1n) is 5.14. The predicted molar refractivity (Wildman–Crippen MR) is 61.8 cm³/mol. The van der Waals surface area contributed by atoms with E-state index in [4.69, 9.17) is 4.74 Å². The zero-order valence-corrected chi connectivity index (χ0v) is 10.0. The Morgan fingerprint density at radius 1 is 1.47 bits per heavy atom. The standard InChI is InChI=1S/C10H14BrN3O/c11-9-5-10(14-7-13-9)12-3-4-15-6-8-1-2-8/h5,7-8H,1-4,6H2,(H,12,13,14). The monoisotopic (exact) mass is 271 g/mol. The van der Waals surface area contributed by atoms with Gasteiger partial charge in [-0.2, -0.15) is 0 Å². The minimum atomic E-state index is 0.734. The largest absolute Gasteiger partial charge is 0.379 e. The SMILES string of the molecule is Brc1cc(NCCOCC2CC2)ncn1. The van der Waals surface area contributed by atoms with Gasteiger partial charge in [-0.3, -0.25) is 0 Å². The van der Waals surface area contributed by atoms with E-state index in [-0.39, 0.29) is 0 Å². The molecule has 82 valence electrons. The summed E-state index contributed by atoms with van der Waals surface area (Å²) in [5, 5.41) is 3.17. The number of hydrogen-bond donors (Lipinski definition) is 1. The molecule has 2 rings (SSSR count). The first-order chi connectivity index (χ1) is 7.34. The van der Waals surface area contributed by atoms with Crippen molar-refractivity contribution >= 4 is 21.7 Å². The molecule has 1 heterocycles. The summed E-state index contributed by atoms with van der Waals surface area (Å²) < 4.78 is 6.28. The second-order valence-electron chi connectivity index (χ2n) is 3.67. The van der Waals surface area contributed by atoms with E-state index in [1.807, 2.05) is 6.07 Å². The molecule has 0 aromatic carbocycles. The van der Waals surface area contributed by atoms with E-state index in [2.05, 4.69) is 31.2 Å². The molecule has 0 aliphatic heterocycles. The highest BCUT2D eigenvalue weighted by Crippen LogP contribution is 2.28. The molecule has 0 amide bonds. The van der Waals surface area contributed by atoms with Gasteiger partial charge >= 0.3 is 0 Å². The smallest absolute Gasteiger partial charge is 0.130 e. The number of hydrogen-bond acceptors (Lipinski definition) is 4. The van der Waals surface area contributed by atoms with Crippen molar-refractivity contribution in [2.24, 2.45) is 5.92 Å². The highest BCUT2D eigenvalue weighted by atomic mass is 79.9. The summed E-state index contributed by atoms with van der Waals surface area (Å²) in [6, 6.07) is 1.85. The normalized spacial score (nSPS) is 15.3. The Balaban J connectivity index is 1.60. The van der Waals surface area contributed by atoms with Crippen LogP contribution in [-0.2, 0) is 4.74 Å². The summed E-state index contributed by atoms with van der Waals surface area (Å²) in [6.07, 6.45) is 4.20. The quantitative estimate of drug-likeness (QED) is 0.636. The van der Waals surface area contributed by atoms with E-state index in [1.54, 1.807) is 0 Å². The van der Waals surface area contributed by atoms with Crippen LogP contribution in [0, 0.1) is 5.92 Å². The Morgan fingerprint density at radius 2 is 2.33 bits per heavy atom. The highest BCUT2D eigenvalue weighted by molar-refractivity contribution is 9.10. The van der Waals surface area contributed by atoms with Crippen LogP contribution in [0.15, 0.2) is 17.0 Å². The van der Waals surface area contributed by atoms with Crippen molar-refractivity contribution in [1.82, 2.24) is 9.97 Å². The first-order valence-corrected chi connectivity index (χ1v) is 5.93. The third-order valence-corrected chi connectivity index (χ3v) is 2.67. The Kier molecular flexibility index (Phi) is 3.91. The van der Waals surface area contributed by atoms with Crippen molar-refractivity contribution in [2.45, 2.75) is 12.8 Å². The van der Waals surface area contributed by atoms with Gasteiger partial charge in [0.1, 0.15) is 16.7 Å². The molecule has 1 aliphatic carbocycles. The van der Waals surface area contributed by atoms with E-state index in [1.165, 1.54) is 19.2 Å². The van der Waals surface area contributed by atoms with Crippen LogP contribution in [0.4, 0.5) is 5.82 Å². The molecular formula is C10H14BrN3O. The molecule has 1 saturated carbocycles. The van der Waals surface area contributed by atoms with Gasteiger partial charge in [-0.15, -0.1) is 0 Å². The fourth-order valence-corrected chi connectivity index (χ4v) is 1.52. The Labute approximate surface area is 97.6 Å². The zero-order chi connectivity index (χ0) is 10.5. The molecule has 0 atom stereocenters. The number of anilines is 1. The molecule has 0 saturated heterocycles. The third-order valence-electron chi connectivity index (χ3n) is 2.24. The molecule has 1 fully saturated rings. The second-order valence-corrected chi connectivity index (χ2v) is 4.48. The van der Waals surface area contributed by atoms with Gasteiger partial charge in [0.2, 0.25) is 0 Å². The molecule has 0 unspecified atom stereocenters. The highest BCUT2D eigenvalue weighted by Gasteiger charge is 2.20. The van der Waals surface area contributed by atoms with Crippen molar-refractivity contribution in [3.8, 4) is 0 Å². The molecule has 0 spiro atoms. The number of ether oxygens (including phenoxy) is 1. The lowest BCUT2D eigenvalue weighted by molar-refractivity contribution is 0.134. The van der Waals surface area contributed by atoms with Crippen LogP contribution < -0.4 is 5.32 Å². The van der Waals surface area contributed by atoms with Gasteiger partial charge in [0.15, 0.2) is 0 Å². The van der Waals surface area contributed by atoms with Gasteiger partial charge in [0.05, 0.1) is 6.61 Å². The number of aromatic nitrogens is 2. The number of halogens is 1. The second kappa shape index (κ2) is 5.42. The van der Waals surface area contributed by atoms with Gasteiger partial charge in [-0.05, 0) is 34.7 Å². The summed E-state index contributed by atoms with van der Waals surface area (Å²) in [6.45, 7) is 2.43. The Morgan fingerprint density at radius 3 is 3.07 bits per heavy atom. The molecule has 1 N–H and O–H groups in total. The number of nitrogens with zero attached hydrogens (tertiary/aromatic N) is 2. The average molecular weight is 272 g/mol. The van der Waals surface area contributed by atoms with Crippen molar-refractivity contribution < 1.29 is 4.74 Å². The Hall–Kier alpha value is -0.680. The third kappa shape index (κ3) is 4.13. The van der Waals surface area contributed by atoms with E-state index < -0.39 is 0 Å². The lowest BCUT2D eigenvalue weighted by atomic mass is 10.5. The van der Waals surface area contributed by atoms with E-state index >= 15 is 0 Å². The van der Waals surface area contributed by atoms with Gasteiger partial charge in [0.25, 0.3) is 0 Å². The average Bonchev–Trinajstić information content (AvgIpc) is 3.01. The molecular weight excluding hydrogens is 258 g/mol. The lowest BCUT2D eigenvalue weighted by Gasteiger charge is -2.05. The molecule has 0 radical (unpaired) electrons. The topological polar surface area (TPSA) is 47.0 Å². The molecule has 1 aromatic heterocycles. The molecule has 4 nitrogen and oxygen atoms in total. The van der Waals surface area contributed by atoms with Crippen molar-refractivity contribution in [2.75, 3.05) is 25.1 Å². The summed E-state index contributed by atoms with van der Waals surface area (Å²) in [5.74, 6) is 1.66. The number of rotatable bonds is 6. The Bertz CT molecular complexity index is 317. The van der Waals surface area contributed by atoms with Gasteiger partial charge < -0.3 is 10.1 Å². The maximum absolute atomic E-state index is 5.49. The maximum atomic E-state index is 5.49. The van der Waals surface area contributed by atoms with Crippen LogP contribution in [0.5, 0.6) is 0 Å². The van der Waals surface area contributed by atoms with Crippen LogP contribution >= 0.6 is 15.9 Å². The fraction of sp³-hybridized carbons (Fsp3) is 0.600. The maximum Gasteiger partial charge on any atom is 0.130 e. The summed E-state index contributed by atoms with van der Waals surface area (Å²) in [4.78, 5) is 8.03. The molecule has 1 aliphatic rings. The van der Waals surface area contributed by atoms with Crippen LogP contribution in [0.3, 0.4) is 0 Å². The van der Waals surface area contributed by atoms with Crippen LogP contribution in [0.25, 0.3) is 0 Å². The summed E-state index contributed by atoms with van der Waals surface area (Å²) >= 11 is 3.29. The first kappa shape index (κ1) is 10.8. The van der Waals surface area contributed by atoms with Crippen molar-refractivity contribution in [3.63, 3.8) is 0 Å². The van der Waals surface area contributed by atoms with Crippen LogP contribution in [-0.4, -0.2) is 29.7 Å². The van der Waals surface area contributed by atoms with Crippen LogP contribution in [0.1, 0.15) is 12.8 Å². The van der Waals surface area contributed by atoms with Crippen LogP contribution in [0.2, 0.25) is 0 Å². The zero-order valence-electron chi connectivity index (χ0n) is 8.45. The summed E-state index contributed by atoms with van der Waals surface area (Å²) in [5.41, 5.74) is 0. The van der Waals surface area contributed by atoms with Gasteiger partial charge in [-0.25, -0.2) is 9.97 Å². The number of nitrogens with one attached hydrogen (secondary N) is 1. The minimum absolute atomic E-state index is 0.734. The van der Waals surface area contributed by atoms with Gasteiger partial charge in [-0.1, -0.05) is 0 Å².